The molecule has 1 aromatic carbocycles. The molecule has 0 aliphatic rings. The predicted molar refractivity (Wildman–Crippen MR) is 69.0 cm³/mol. The van der Waals surface area contributed by atoms with E-state index in [9.17, 15) is 4.79 Å². The Morgan fingerprint density at radius 2 is 2.11 bits per heavy atom. The number of methoxy groups -OCH3 is 2. The van der Waals surface area contributed by atoms with E-state index in [0.29, 0.717) is 16.9 Å². The Kier molecular flexibility index (Phi) is 3.41. The Morgan fingerprint density at radius 3 is 2.74 bits per heavy atom. The quantitative estimate of drug-likeness (QED) is 0.851. The molecule has 0 amide bonds. The van der Waals surface area contributed by atoms with E-state index in [1.165, 1.54) is 14.2 Å². The van der Waals surface area contributed by atoms with Crippen LogP contribution in [0.4, 0.5) is 5.88 Å². The summed E-state index contributed by atoms with van der Waals surface area (Å²) < 4.78 is 14.8. The van der Waals surface area contributed by atoms with Gasteiger partial charge < -0.3 is 19.7 Å². The normalized spacial score (nSPS) is 10.3. The number of hydrogen-bond acceptors (Lipinski definition) is 6. The molecule has 0 radical (unpaired) electrons. The van der Waals surface area contributed by atoms with Crippen LogP contribution in [-0.4, -0.2) is 25.3 Å². The third-order valence-electron chi connectivity index (χ3n) is 2.72. The number of nitrogen functional groups attached to an aromatic ring is 1. The number of carbonyl (C=O) groups is 1. The van der Waals surface area contributed by atoms with Crippen molar-refractivity contribution in [2.45, 2.75) is 6.92 Å². The zero-order valence-electron chi connectivity index (χ0n) is 10.9. The van der Waals surface area contributed by atoms with Gasteiger partial charge in [0.15, 0.2) is 0 Å². The molecular formula is C13H14N2O4. The third kappa shape index (κ3) is 2.24. The first kappa shape index (κ1) is 12.9. The van der Waals surface area contributed by atoms with Gasteiger partial charge in [-0.05, 0) is 19.1 Å². The summed E-state index contributed by atoms with van der Waals surface area (Å²) in [6, 6.07) is 5.52. The van der Waals surface area contributed by atoms with Crippen LogP contribution in [0, 0.1) is 6.92 Å². The molecule has 1 aromatic heterocycles. The molecular weight excluding hydrogens is 248 g/mol. The number of aromatic nitrogens is 1. The smallest absolute Gasteiger partial charge is 0.361 e. The van der Waals surface area contributed by atoms with Gasteiger partial charge in [0.2, 0.25) is 11.6 Å². The Bertz CT molecular complexity index is 619. The highest BCUT2D eigenvalue weighted by Gasteiger charge is 2.24. The van der Waals surface area contributed by atoms with Crippen LogP contribution in [-0.2, 0) is 4.74 Å². The number of rotatable bonds is 3. The topological polar surface area (TPSA) is 87.6 Å². The van der Waals surface area contributed by atoms with Crippen LogP contribution in [0.15, 0.2) is 22.7 Å². The molecule has 0 saturated carbocycles. The largest absolute Gasteiger partial charge is 0.496 e. The monoisotopic (exact) mass is 262 g/mol. The molecule has 2 rings (SSSR count). The number of nitrogens with zero attached hydrogens (tertiary/aromatic N) is 1. The van der Waals surface area contributed by atoms with E-state index in [1.807, 2.05) is 19.1 Å². The summed E-state index contributed by atoms with van der Waals surface area (Å²) in [5, 5.41) is 3.64. The first-order chi connectivity index (χ1) is 9.08. The summed E-state index contributed by atoms with van der Waals surface area (Å²) in [7, 11) is 2.81. The van der Waals surface area contributed by atoms with Gasteiger partial charge in [0.1, 0.15) is 5.75 Å². The van der Waals surface area contributed by atoms with E-state index in [-0.39, 0.29) is 11.6 Å². The maximum Gasteiger partial charge on any atom is 0.361 e. The Labute approximate surface area is 110 Å². The fraction of sp³-hybridized carbons (Fsp3) is 0.231. The van der Waals surface area contributed by atoms with Crippen LogP contribution in [0.1, 0.15) is 16.1 Å². The van der Waals surface area contributed by atoms with Crippen molar-refractivity contribution in [3.63, 3.8) is 0 Å². The standard InChI is InChI=1S/C13H14N2O4/c1-7-4-5-9(17-2)8(6-7)10-11(13(16)18-3)15-19-12(10)14/h4-6H,14H2,1-3H3. The Morgan fingerprint density at radius 1 is 1.37 bits per heavy atom. The molecule has 100 valence electrons. The summed E-state index contributed by atoms with van der Waals surface area (Å²) in [5.41, 5.74) is 7.79. The van der Waals surface area contributed by atoms with Crippen LogP contribution in [0.25, 0.3) is 11.1 Å². The van der Waals surface area contributed by atoms with Gasteiger partial charge >= 0.3 is 5.97 Å². The summed E-state index contributed by atoms with van der Waals surface area (Å²) in [6.07, 6.45) is 0. The number of anilines is 1. The lowest BCUT2D eigenvalue weighted by atomic mass is 10.0. The zero-order chi connectivity index (χ0) is 14.0. The van der Waals surface area contributed by atoms with Crippen molar-refractivity contribution in [3.05, 3.63) is 29.5 Å². The number of aryl methyl sites for hydroxylation is 1. The van der Waals surface area contributed by atoms with Crippen LogP contribution < -0.4 is 10.5 Å². The Hall–Kier alpha value is -2.50. The van der Waals surface area contributed by atoms with Crippen LogP contribution >= 0.6 is 0 Å². The molecule has 0 bridgehead atoms. The third-order valence-corrected chi connectivity index (χ3v) is 2.72. The lowest BCUT2D eigenvalue weighted by Gasteiger charge is -2.09. The maximum absolute atomic E-state index is 11.7. The van der Waals surface area contributed by atoms with Gasteiger partial charge in [0.25, 0.3) is 0 Å². The van der Waals surface area contributed by atoms with Gasteiger partial charge in [0, 0.05) is 5.56 Å². The number of hydrogen-bond donors (Lipinski definition) is 1. The SMILES string of the molecule is COC(=O)c1noc(N)c1-c1cc(C)ccc1OC. The molecule has 0 spiro atoms. The van der Waals surface area contributed by atoms with Crippen molar-refractivity contribution in [3.8, 4) is 16.9 Å². The first-order valence-electron chi connectivity index (χ1n) is 5.57. The van der Waals surface area contributed by atoms with E-state index in [1.54, 1.807) is 6.07 Å². The van der Waals surface area contributed by atoms with E-state index in [2.05, 4.69) is 9.89 Å². The highest BCUT2D eigenvalue weighted by atomic mass is 16.5. The number of nitrogens with two attached hydrogens (primary N) is 1. The summed E-state index contributed by atoms with van der Waals surface area (Å²) in [6.45, 7) is 1.92. The molecule has 6 nitrogen and oxygen atoms in total. The van der Waals surface area contributed by atoms with E-state index in [4.69, 9.17) is 15.0 Å². The summed E-state index contributed by atoms with van der Waals surface area (Å²) in [4.78, 5) is 11.7. The van der Waals surface area contributed by atoms with E-state index < -0.39 is 5.97 Å². The van der Waals surface area contributed by atoms with E-state index >= 15 is 0 Å². The fourth-order valence-corrected chi connectivity index (χ4v) is 1.82. The fourth-order valence-electron chi connectivity index (χ4n) is 1.82. The second kappa shape index (κ2) is 5.01. The molecule has 0 saturated heterocycles. The average molecular weight is 262 g/mol. The first-order valence-corrected chi connectivity index (χ1v) is 5.57. The average Bonchev–Trinajstić information content (AvgIpc) is 2.79. The molecule has 0 aliphatic carbocycles. The van der Waals surface area contributed by atoms with Gasteiger partial charge in [-0.15, -0.1) is 0 Å². The maximum atomic E-state index is 11.7. The molecule has 0 fully saturated rings. The second-order valence-electron chi connectivity index (χ2n) is 3.97. The summed E-state index contributed by atoms with van der Waals surface area (Å²) in [5.74, 6) is 0.00830. The lowest BCUT2D eigenvalue weighted by molar-refractivity contribution is 0.0590. The molecule has 0 atom stereocenters. The molecule has 0 aliphatic heterocycles. The second-order valence-corrected chi connectivity index (χ2v) is 3.97. The number of ether oxygens (including phenoxy) is 2. The molecule has 6 heteroatoms. The van der Waals surface area contributed by atoms with Crippen molar-refractivity contribution < 1.29 is 18.8 Å². The molecule has 1 heterocycles. The molecule has 2 aromatic rings. The minimum Gasteiger partial charge on any atom is -0.496 e. The molecule has 0 unspecified atom stereocenters. The van der Waals surface area contributed by atoms with Crippen molar-refractivity contribution in [2.75, 3.05) is 20.0 Å². The zero-order valence-corrected chi connectivity index (χ0v) is 10.9. The predicted octanol–water partition coefficient (Wildman–Crippen LogP) is 2.03. The van der Waals surface area contributed by atoms with E-state index in [0.717, 1.165) is 5.56 Å². The summed E-state index contributed by atoms with van der Waals surface area (Å²) >= 11 is 0. The van der Waals surface area contributed by atoms with Crippen LogP contribution in [0.3, 0.4) is 0 Å². The Balaban J connectivity index is 2.68. The highest BCUT2D eigenvalue weighted by Crippen LogP contribution is 2.37. The van der Waals surface area contributed by atoms with Crippen molar-refractivity contribution in [2.24, 2.45) is 0 Å². The van der Waals surface area contributed by atoms with Gasteiger partial charge in [-0.25, -0.2) is 4.79 Å². The van der Waals surface area contributed by atoms with Gasteiger partial charge in [-0.1, -0.05) is 16.8 Å². The molecule has 19 heavy (non-hydrogen) atoms. The van der Waals surface area contributed by atoms with Crippen molar-refractivity contribution in [1.82, 2.24) is 5.16 Å². The van der Waals surface area contributed by atoms with Crippen LogP contribution in [0.2, 0.25) is 0 Å². The number of carbonyl (C=O) groups excluding carboxylic acids is 1. The highest BCUT2D eigenvalue weighted by molar-refractivity contribution is 5.99. The van der Waals surface area contributed by atoms with Gasteiger partial charge in [-0.2, -0.15) is 0 Å². The minimum atomic E-state index is -0.612. The van der Waals surface area contributed by atoms with Gasteiger partial charge in [0.05, 0.1) is 19.8 Å². The van der Waals surface area contributed by atoms with Crippen molar-refractivity contribution in [1.29, 1.82) is 0 Å². The minimum absolute atomic E-state index is 0.0314. The number of benzene rings is 1. The van der Waals surface area contributed by atoms with Gasteiger partial charge in [-0.3, -0.25) is 0 Å². The number of esters is 1. The van der Waals surface area contributed by atoms with Crippen molar-refractivity contribution >= 4 is 11.9 Å². The lowest BCUT2D eigenvalue weighted by Crippen LogP contribution is -2.04. The molecule has 2 N–H and O–H groups in total. The van der Waals surface area contributed by atoms with Crippen LogP contribution in [0.5, 0.6) is 5.75 Å².